The molecule has 0 spiro atoms. The van der Waals surface area contributed by atoms with Gasteiger partial charge in [-0.3, -0.25) is 14.5 Å². The van der Waals surface area contributed by atoms with Crippen molar-refractivity contribution in [2.75, 3.05) is 30.0 Å². The Bertz CT molecular complexity index is 1430. The number of rotatable bonds is 3. The van der Waals surface area contributed by atoms with Gasteiger partial charge in [-0.2, -0.15) is 13.2 Å². The van der Waals surface area contributed by atoms with E-state index in [1.807, 2.05) is 11.9 Å². The molecule has 7 nitrogen and oxygen atoms in total. The number of carbonyl (C=O) groups is 2. The zero-order valence-corrected chi connectivity index (χ0v) is 19.5. The zero-order valence-electron chi connectivity index (χ0n) is 19.5. The molecule has 1 fully saturated rings. The highest BCUT2D eigenvalue weighted by Crippen LogP contribution is 2.44. The maximum atomic E-state index is 13.4. The Morgan fingerprint density at radius 1 is 1.03 bits per heavy atom. The minimum atomic E-state index is -4.67. The molecule has 0 aliphatic carbocycles. The summed E-state index contributed by atoms with van der Waals surface area (Å²) in [7, 11) is 1.84. The molecule has 0 aromatic heterocycles. The van der Waals surface area contributed by atoms with Crippen LogP contribution in [0, 0.1) is 0 Å². The van der Waals surface area contributed by atoms with E-state index in [1.165, 1.54) is 30.3 Å². The molecule has 190 valence electrons. The summed E-state index contributed by atoms with van der Waals surface area (Å²) >= 11 is 0. The highest BCUT2D eigenvalue weighted by atomic mass is 19.4. The molecule has 3 aromatic carbocycles. The molecule has 0 bridgehead atoms. The lowest BCUT2D eigenvalue weighted by atomic mass is 9.94. The smallest absolute Gasteiger partial charge is 0.416 e. The Hall–Kier alpha value is -4.47. The van der Waals surface area contributed by atoms with Crippen LogP contribution < -0.4 is 14.5 Å². The second-order valence-corrected chi connectivity index (χ2v) is 8.76. The third kappa shape index (κ3) is 4.24. The van der Waals surface area contributed by atoms with Crippen LogP contribution in [0.3, 0.4) is 0 Å². The highest BCUT2D eigenvalue weighted by molar-refractivity contribution is 6.51. The Labute approximate surface area is 209 Å². The Kier molecular flexibility index (Phi) is 5.82. The number of fused-ring (bicyclic) bond motifs is 1. The number of ketones is 1. The molecule has 3 aromatic rings. The Morgan fingerprint density at radius 3 is 2.46 bits per heavy atom. The number of Topliss-reactive ketones (excluding diaryl/α,β-unsaturated/α-hetero) is 1. The highest BCUT2D eigenvalue weighted by Gasteiger charge is 2.47. The molecule has 10 heteroatoms. The summed E-state index contributed by atoms with van der Waals surface area (Å²) in [6.45, 7) is 1.09. The number of likely N-dealkylation sites (N-methyl/N-ethyl adjacent to an activating group) is 1. The first kappa shape index (κ1) is 24.2. The van der Waals surface area contributed by atoms with Crippen molar-refractivity contribution in [3.05, 3.63) is 89.0 Å². The van der Waals surface area contributed by atoms with Crippen LogP contribution in [0.2, 0.25) is 0 Å². The second-order valence-electron chi connectivity index (χ2n) is 8.76. The van der Waals surface area contributed by atoms with E-state index < -0.39 is 35.2 Å². The maximum Gasteiger partial charge on any atom is 0.416 e. The lowest BCUT2D eigenvalue weighted by molar-refractivity contribution is -0.137. The fourth-order valence-corrected chi connectivity index (χ4v) is 4.56. The van der Waals surface area contributed by atoms with Gasteiger partial charge < -0.3 is 19.8 Å². The summed E-state index contributed by atoms with van der Waals surface area (Å²) in [6, 6.07) is 13.2. The fourth-order valence-electron chi connectivity index (χ4n) is 4.56. The van der Waals surface area contributed by atoms with Crippen LogP contribution in [0.5, 0.6) is 11.5 Å². The molecule has 37 heavy (non-hydrogen) atoms. The molecule has 1 unspecified atom stereocenters. The van der Waals surface area contributed by atoms with E-state index in [2.05, 4.69) is 0 Å². The van der Waals surface area contributed by atoms with E-state index in [-0.39, 0.29) is 22.6 Å². The molecule has 2 heterocycles. The molecular weight excluding hydrogens is 489 g/mol. The number of amides is 1. The lowest BCUT2D eigenvalue weighted by Gasteiger charge is -2.28. The number of nitrogens with zero attached hydrogens (tertiary/aromatic N) is 2. The number of aromatic hydroxyl groups is 1. The number of aliphatic hydroxyl groups excluding tert-OH is 1. The fraction of sp³-hybridized carbons (Fsp3) is 0.185. The van der Waals surface area contributed by atoms with Crippen LogP contribution in [-0.2, 0) is 15.8 Å². The molecule has 1 atom stereocenters. The minimum absolute atomic E-state index is 0.0857. The molecule has 1 saturated heterocycles. The topological polar surface area (TPSA) is 90.3 Å². The van der Waals surface area contributed by atoms with Crippen molar-refractivity contribution in [2.45, 2.75) is 12.2 Å². The number of phenolic OH excluding ortho intramolecular Hbond substituents is 1. The summed E-state index contributed by atoms with van der Waals surface area (Å²) in [5.74, 6) is -2.11. The number of aliphatic hydroxyl groups is 1. The third-order valence-corrected chi connectivity index (χ3v) is 6.43. The number of ether oxygens (including phenoxy) is 1. The van der Waals surface area contributed by atoms with Crippen molar-refractivity contribution >= 4 is 28.8 Å². The van der Waals surface area contributed by atoms with Gasteiger partial charge in [0.15, 0.2) is 0 Å². The largest absolute Gasteiger partial charge is 0.508 e. The van der Waals surface area contributed by atoms with Crippen LogP contribution >= 0.6 is 0 Å². The van der Waals surface area contributed by atoms with Gasteiger partial charge in [0.2, 0.25) is 0 Å². The van der Waals surface area contributed by atoms with Crippen LogP contribution in [0.25, 0.3) is 5.76 Å². The molecule has 0 saturated carbocycles. The molecule has 2 aliphatic rings. The molecule has 0 radical (unpaired) electrons. The summed E-state index contributed by atoms with van der Waals surface area (Å²) in [5, 5.41) is 21.1. The van der Waals surface area contributed by atoms with E-state index in [4.69, 9.17) is 4.74 Å². The summed E-state index contributed by atoms with van der Waals surface area (Å²) < 4.78 is 45.9. The van der Waals surface area contributed by atoms with E-state index in [1.54, 1.807) is 18.2 Å². The maximum absolute atomic E-state index is 13.4. The van der Waals surface area contributed by atoms with E-state index in [0.717, 1.165) is 23.1 Å². The van der Waals surface area contributed by atoms with Crippen LogP contribution in [0.1, 0.15) is 22.7 Å². The predicted octanol–water partition coefficient (Wildman–Crippen LogP) is 4.87. The summed E-state index contributed by atoms with van der Waals surface area (Å²) in [4.78, 5) is 29.3. The van der Waals surface area contributed by atoms with Crippen molar-refractivity contribution in [3.63, 3.8) is 0 Å². The standard InChI is InChI=1S/C27H21F3N2O5/c1-31-11-12-37-21-10-7-16(13-20(21)31)24(34)22-23(15-5-8-19(33)9-6-15)32(26(36)25(22)35)18-4-2-3-17(14-18)27(28,29)30/h2-10,13-14,23,33-34H,11-12H2,1H3/b24-22-. The van der Waals surface area contributed by atoms with Gasteiger partial charge >= 0.3 is 6.18 Å². The van der Waals surface area contributed by atoms with E-state index in [9.17, 15) is 33.0 Å². The first-order valence-electron chi connectivity index (χ1n) is 11.3. The van der Waals surface area contributed by atoms with Gasteiger partial charge in [0, 0.05) is 18.3 Å². The third-order valence-electron chi connectivity index (χ3n) is 6.43. The van der Waals surface area contributed by atoms with Crippen molar-refractivity contribution in [3.8, 4) is 11.5 Å². The lowest BCUT2D eigenvalue weighted by Crippen LogP contribution is -2.29. The van der Waals surface area contributed by atoms with Crippen LogP contribution in [0.15, 0.2) is 72.3 Å². The molecule has 2 aliphatic heterocycles. The normalized spacial score (nSPS) is 19.1. The number of hydrogen-bond donors (Lipinski definition) is 2. The second kappa shape index (κ2) is 8.88. The average molecular weight is 510 g/mol. The van der Waals surface area contributed by atoms with Gasteiger partial charge in [-0.1, -0.05) is 18.2 Å². The van der Waals surface area contributed by atoms with Crippen molar-refractivity contribution in [1.82, 2.24) is 0 Å². The number of carbonyl (C=O) groups excluding carboxylic acids is 2. The van der Waals surface area contributed by atoms with Crippen molar-refractivity contribution in [1.29, 1.82) is 0 Å². The number of halogens is 3. The van der Waals surface area contributed by atoms with Gasteiger partial charge in [-0.05, 0) is 54.1 Å². The number of phenols is 1. The molecule has 5 rings (SSSR count). The monoisotopic (exact) mass is 510 g/mol. The Balaban J connectivity index is 1.70. The summed E-state index contributed by atoms with van der Waals surface area (Å²) in [6.07, 6.45) is -4.67. The van der Waals surface area contributed by atoms with Crippen LogP contribution in [0.4, 0.5) is 24.5 Å². The first-order chi connectivity index (χ1) is 17.6. The molecular formula is C27H21F3N2O5. The van der Waals surface area contributed by atoms with Gasteiger partial charge in [0.25, 0.3) is 11.7 Å². The van der Waals surface area contributed by atoms with E-state index in [0.29, 0.717) is 30.2 Å². The average Bonchev–Trinajstić information content (AvgIpc) is 3.14. The predicted molar refractivity (Wildman–Crippen MR) is 130 cm³/mol. The number of benzene rings is 3. The molecule has 2 N–H and O–H groups in total. The van der Waals surface area contributed by atoms with Crippen LogP contribution in [-0.4, -0.2) is 42.1 Å². The van der Waals surface area contributed by atoms with E-state index >= 15 is 0 Å². The van der Waals surface area contributed by atoms with Gasteiger partial charge in [-0.25, -0.2) is 0 Å². The van der Waals surface area contributed by atoms with Crippen molar-refractivity contribution < 1.29 is 37.7 Å². The molecule has 1 amide bonds. The SMILES string of the molecule is CN1CCOc2ccc(/C(O)=C3/C(=O)C(=O)N(c4cccc(C(F)(F)F)c4)C3c3ccc(O)cc3)cc21. The van der Waals surface area contributed by atoms with Crippen molar-refractivity contribution in [2.24, 2.45) is 0 Å². The first-order valence-corrected chi connectivity index (χ1v) is 11.3. The van der Waals surface area contributed by atoms with Gasteiger partial charge in [0.05, 0.1) is 29.4 Å². The minimum Gasteiger partial charge on any atom is -0.508 e. The number of anilines is 2. The van der Waals surface area contributed by atoms with Gasteiger partial charge in [-0.15, -0.1) is 0 Å². The number of alkyl halides is 3. The van der Waals surface area contributed by atoms with Gasteiger partial charge in [0.1, 0.15) is 23.9 Å². The quantitative estimate of drug-likeness (QED) is 0.297. The summed E-state index contributed by atoms with van der Waals surface area (Å²) in [5.41, 5.74) is -0.214. The Morgan fingerprint density at radius 2 is 1.76 bits per heavy atom. The number of hydrogen-bond acceptors (Lipinski definition) is 6. The zero-order chi connectivity index (χ0) is 26.5.